The van der Waals surface area contributed by atoms with Gasteiger partial charge in [0, 0.05) is 18.7 Å². The Labute approximate surface area is 174 Å². The van der Waals surface area contributed by atoms with Crippen LogP contribution in [0.15, 0.2) is 23.4 Å². The van der Waals surface area contributed by atoms with E-state index in [9.17, 15) is 4.79 Å². The van der Waals surface area contributed by atoms with Gasteiger partial charge >= 0.3 is 0 Å². The summed E-state index contributed by atoms with van der Waals surface area (Å²) in [7, 11) is 3.21. The highest BCUT2D eigenvalue weighted by Crippen LogP contribution is 2.36. The summed E-state index contributed by atoms with van der Waals surface area (Å²) in [5.41, 5.74) is 0.678. The van der Waals surface area contributed by atoms with Crippen LogP contribution in [0.2, 0.25) is 0 Å². The molecular formula is C20H27N5O3S. The Balaban J connectivity index is 1.48. The summed E-state index contributed by atoms with van der Waals surface area (Å²) in [6.07, 6.45) is 7.29. The molecule has 4 rings (SSSR count). The number of piperidine rings is 1. The Morgan fingerprint density at radius 1 is 1.17 bits per heavy atom. The van der Waals surface area contributed by atoms with Crippen molar-refractivity contribution < 1.29 is 14.3 Å². The molecule has 2 unspecified atom stereocenters. The van der Waals surface area contributed by atoms with Crippen LogP contribution in [-0.4, -0.2) is 63.6 Å². The van der Waals surface area contributed by atoms with Crippen molar-refractivity contribution in [3.63, 3.8) is 0 Å². The number of tetrazole rings is 1. The SMILES string of the molecule is COc1ccc(OC)c(-n2nnnc2SCC(=O)N2CCCC3CCCCC32)c1. The van der Waals surface area contributed by atoms with Crippen molar-refractivity contribution in [2.45, 2.75) is 49.7 Å². The summed E-state index contributed by atoms with van der Waals surface area (Å²) >= 11 is 1.36. The molecule has 29 heavy (non-hydrogen) atoms. The van der Waals surface area contributed by atoms with E-state index in [0.29, 0.717) is 40.1 Å². The first kappa shape index (κ1) is 20.0. The maximum atomic E-state index is 13.0. The van der Waals surface area contributed by atoms with Gasteiger partial charge in [0.25, 0.3) is 0 Å². The fraction of sp³-hybridized carbons (Fsp3) is 0.600. The van der Waals surface area contributed by atoms with E-state index in [-0.39, 0.29) is 5.91 Å². The Morgan fingerprint density at radius 3 is 2.83 bits per heavy atom. The Hall–Kier alpha value is -2.29. The van der Waals surface area contributed by atoms with E-state index in [0.717, 1.165) is 19.4 Å². The predicted molar refractivity (Wildman–Crippen MR) is 110 cm³/mol. The third-order valence-corrected chi connectivity index (χ3v) is 6.85. The average Bonchev–Trinajstić information content (AvgIpc) is 3.25. The van der Waals surface area contributed by atoms with Crippen LogP contribution in [0.25, 0.3) is 5.69 Å². The number of amides is 1. The largest absolute Gasteiger partial charge is 0.497 e. The lowest BCUT2D eigenvalue weighted by Gasteiger charge is -2.44. The van der Waals surface area contributed by atoms with Crippen LogP contribution in [0, 0.1) is 5.92 Å². The highest BCUT2D eigenvalue weighted by molar-refractivity contribution is 7.99. The maximum Gasteiger partial charge on any atom is 0.233 e. The van der Waals surface area contributed by atoms with Gasteiger partial charge in [0.2, 0.25) is 11.1 Å². The quantitative estimate of drug-likeness (QED) is 0.668. The molecule has 0 bridgehead atoms. The van der Waals surface area contributed by atoms with Crippen LogP contribution in [0.1, 0.15) is 38.5 Å². The maximum absolute atomic E-state index is 13.0. The Bertz CT molecular complexity index is 856. The van der Waals surface area contributed by atoms with Crippen molar-refractivity contribution in [1.82, 2.24) is 25.1 Å². The molecule has 2 fully saturated rings. The highest BCUT2D eigenvalue weighted by Gasteiger charge is 2.35. The topological polar surface area (TPSA) is 82.4 Å². The lowest BCUT2D eigenvalue weighted by atomic mass is 9.78. The highest BCUT2D eigenvalue weighted by atomic mass is 32.2. The van der Waals surface area contributed by atoms with Gasteiger partial charge in [0.1, 0.15) is 17.2 Å². The molecule has 2 atom stereocenters. The molecule has 1 aliphatic heterocycles. The smallest absolute Gasteiger partial charge is 0.233 e. The molecular weight excluding hydrogens is 390 g/mol. The molecule has 9 heteroatoms. The molecule has 8 nitrogen and oxygen atoms in total. The van der Waals surface area contributed by atoms with Gasteiger partial charge in [0.15, 0.2) is 0 Å². The van der Waals surface area contributed by atoms with E-state index < -0.39 is 0 Å². The van der Waals surface area contributed by atoms with Crippen molar-refractivity contribution in [1.29, 1.82) is 0 Å². The number of benzene rings is 1. The van der Waals surface area contributed by atoms with Crippen LogP contribution in [0.4, 0.5) is 0 Å². The first-order chi connectivity index (χ1) is 14.2. The van der Waals surface area contributed by atoms with Crippen LogP contribution in [0.3, 0.4) is 0 Å². The number of hydrogen-bond acceptors (Lipinski definition) is 7. The van der Waals surface area contributed by atoms with E-state index in [2.05, 4.69) is 20.4 Å². The first-order valence-corrected chi connectivity index (χ1v) is 11.1. The molecule has 1 aliphatic carbocycles. The molecule has 0 spiro atoms. The van der Waals surface area contributed by atoms with Gasteiger partial charge in [-0.05, 0) is 54.2 Å². The summed E-state index contributed by atoms with van der Waals surface area (Å²) < 4.78 is 12.4. The summed E-state index contributed by atoms with van der Waals surface area (Å²) in [6.45, 7) is 0.870. The van der Waals surface area contributed by atoms with E-state index in [4.69, 9.17) is 9.47 Å². The number of ether oxygens (including phenoxy) is 2. The summed E-state index contributed by atoms with van der Waals surface area (Å²) in [6, 6.07) is 5.87. The minimum atomic E-state index is 0.179. The lowest BCUT2D eigenvalue weighted by Crippen LogP contribution is -2.50. The van der Waals surface area contributed by atoms with E-state index in [1.807, 2.05) is 18.2 Å². The summed E-state index contributed by atoms with van der Waals surface area (Å²) in [5.74, 6) is 2.50. The van der Waals surface area contributed by atoms with Crippen molar-refractivity contribution >= 4 is 17.7 Å². The Kier molecular flexibility index (Phi) is 6.22. The molecule has 1 saturated heterocycles. The molecule has 1 aromatic heterocycles. The lowest BCUT2D eigenvalue weighted by molar-refractivity contribution is -0.134. The minimum Gasteiger partial charge on any atom is -0.497 e. The number of aromatic nitrogens is 4. The van der Waals surface area contributed by atoms with Gasteiger partial charge in [-0.1, -0.05) is 24.6 Å². The zero-order valence-corrected chi connectivity index (χ0v) is 17.7. The number of likely N-dealkylation sites (tertiary alicyclic amines) is 1. The molecule has 1 amide bonds. The number of nitrogens with zero attached hydrogens (tertiary/aromatic N) is 5. The van der Waals surface area contributed by atoms with Gasteiger partial charge in [-0.2, -0.15) is 4.68 Å². The van der Waals surface area contributed by atoms with Crippen LogP contribution >= 0.6 is 11.8 Å². The van der Waals surface area contributed by atoms with Gasteiger partial charge in [-0.25, -0.2) is 0 Å². The van der Waals surface area contributed by atoms with Crippen molar-refractivity contribution in [2.75, 3.05) is 26.5 Å². The number of thioether (sulfide) groups is 1. The monoisotopic (exact) mass is 417 g/mol. The van der Waals surface area contributed by atoms with Gasteiger partial charge in [-0.3, -0.25) is 4.79 Å². The Morgan fingerprint density at radius 2 is 2.00 bits per heavy atom. The van der Waals surface area contributed by atoms with Crippen LogP contribution in [-0.2, 0) is 4.79 Å². The molecule has 2 aromatic rings. The van der Waals surface area contributed by atoms with Crippen molar-refractivity contribution in [3.8, 4) is 17.2 Å². The fourth-order valence-corrected chi connectivity index (χ4v) is 5.30. The normalized spacial score (nSPS) is 21.5. The number of methoxy groups -OCH3 is 2. The number of rotatable bonds is 6. The average molecular weight is 418 g/mol. The minimum absolute atomic E-state index is 0.179. The fourth-order valence-electron chi connectivity index (χ4n) is 4.53. The molecule has 1 saturated carbocycles. The second-order valence-corrected chi connectivity index (χ2v) is 8.48. The summed E-state index contributed by atoms with van der Waals surface area (Å²) in [4.78, 5) is 15.1. The van der Waals surface area contributed by atoms with Crippen LogP contribution < -0.4 is 9.47 Å². The first-order valence-electron chi connectivity index (χ1n) is 10.1. The van der Waals surface area contributed by atoms with Crippen LogP contribution in [0.5, 0.6) is 11.5 Å². The second-order valence-electron chi connectivity index (χ2n) is 7.54. The standard InChI is InChI=1S/C20H27N5O3S/c1-27-15-9-10-18(28-2)17(12-15)25-20(21-22-23-25)29-13-19(26)24-11-5-7-14-6-3-4-8-16(14)24/h9-10,12,14,16H,3-8,11,13H2,1-2H3. The number of carbonyl (C=O) groups excluding carboxylic acids is 1. The number of carbonyl (C=O) groups is 1. The van der Waals surface area contributed by atoms with E-state index in [1.165, 1.54) is 37.4 Å². The molecule has 1 aromatic carbocycles. The molecule has 0 radical (unpaired) electrons. The zero-order valence-electron chi connectivity index (χ0n) is 16.9. The van der Waals surface area contributed by atoms with E-state index in [1.54, 1.807) is 18.9 Å². The molecule has 0 N–H and O–H groups in total. The van der Waals surface area contributed by atoms with Gasteiger partial charge in [0.05, 0.1) is 20.0 Å². The zero-order chi connectivity index (χ0) is 20.2. The molecule has 156 valence electrons. The number of hydrogen-bond donors (Lipinski definition) is 0. The third-order valence-electron chi connectivity index (χ3n) is 5.94. The molecule has 2 aliphatic rings. The number of fused-ring (bicyclic) bond motifs is 1. The van der Waals surface area contributed by atoms with E-state index >= 15 is 0 Å². The van der Waals surface area contributed by atoms with Gasteiger partial charge < -0.3 is 14.4 Å². The third kappa shape index (κ3) is 4.19. The molecule has 2 heterocycles. The van der Waals surface area contributed by atoms with Crippen molar-refractivity contribution in [3.05, 3.63) is 18.2 Å². The van der Waals surface area contributed by atoms with Gasteiger partial charge in [-0.15, -0.1) is 5.10 Å². The van der Waals surface area contributed by atoms with Crippen molar-refractivity contribution in [2.24, 2.45) is 5.92 Å². The second kappa shape index (κ2) is 9.02. The summed E-state index contributed by atoms with van der Waals surface area (Å²) in [5, 5.41) is 12.6. The predicted octanol–water partition coefficient (Wildman–Crippen LogP) is 2.95.